The van der Waals surface area contributed by atoms with E-state index in [1.165, 1.54) is 11.8 Å². The zero-order valence-corrected chi connectivity index (χ0v) is 11.6. The summed E-state index contributed by atoms with van der Waals surface area (Å²) < 4.78 is 4.87. The lowest BCUT2D eigenvalue weighted by atomic mass is 10.2. The zero-order chi connectivity index (χ0) is 13.7. The first-order valence-electron chi connectivity index (χ1n) is 6.25. The summed E-state index contributed by atoms with van der Waals surface area (Å²) in [5.74, 6) is 0.290. The van der Waals surface area contributed by atoms with E-state index < -0.39 is 0 Å². The van der Waals surface area contributed by atoms with Crippen LogP contribution < -0.4 is 4.90 Å². The van der Waals surface area contributed by atoms with Crippen LogP contribution in [-0.2, 0) is 14.3 Å². The molecule has 5 nitrogen and oxygen atoms in total. The van der Waals surface area contributed by atoms with Crippen LogP contribution >= 0.6 is 11.8 Å². The highest BCUT2D eigenvalue weighted by Crippen LogP contribution is 2.34. The van der Waals surface area contributed by atoms with E-state index in [1.54, 1.807) is 24.2 Å². The van der Waals surface area contributed by atoms with Crippen molar-refractivity contribution in [3.8, 4) is 0 Å². The van der Waals surface area contributed by atoms with E-state index in [0.717, 1.165) is 10.6 Å². The molecule has 0 aliphatic carbocycles. The van der Waals surface area contributed by atoms with Gasteiger partial charge >= 0.3 is 5.97 Å². The lowest BCUT2D eigenvalue weighted by molar-refractivity contribution is -0.143. The molecular weight excluding hydrogens is 264 g/mol. The van der Waals surface area contributed by atoms with E-state index in [1.807, 2.05) is 6.07 Å². The lowest BCUT2D eigenvalue weighted by Gasteiger charge is -2.28. The molecule has 0 radical (unpaired) electrons. The minimum absolute atomic E-state index is 0.0642. The number of rotatable bonds is 5. The Kier molecular flexibility index (Phi) is 4.79. The number of hydrogen-bond donors (Lipinski definition) is 0. The number of amides is 1. The Morgan fingerprint density at radius 3 is 3.21 bits per heavy atom. The summed E-state index contributed by atoms with van der Waals surface area (Å²) in [6.07, 6.45) is 4.35. The maximum absolute atomic E-state index is 11.9. The molecule has 1 aliphatic heterocycles. The number of esters is 1. The molecule has 102 valence electrons. The number of ether oxygens (including phenoxy) is 1. The van der Waals surface area contributed by atoms with Crippen LogP contribution in [0.3, 0.4) is 0 Å². The Balaban J connectivity index is 1.96. The Morgan fingerprint density at radius 1 is 1.58 bits per heavy atom. The predicted molar refractivity (Wildman–Crippen MR) is 73.2 cm³/mol. The standard InChI is InChI=1S/C13H16N2O3S/c1-2-18-13(17)4-3-7-15-10-8-14-6-5-11(10)19-9-12(15)16/h5-6,8H,2-4,7,9H2,1H3. The second-order valence-corrected chi connectivity index (χ2v) is 5.10. The quantitative estimate of drug-likeness (QED) is 0.771. The number of hydrogen-bond acceptors (Lipinski definition) is 5. The second-order valence-electron chi connectivity index (χ2n) is 4.09. The van der Waals surface area contributed by atoms with Crippen molar-refractivity contribution in [2.45, 2.75) is 24.7 Å². The Morgan fingerprint density at radius 2 is 2.42 bits per heavy atom. The van der Waals surface area contributed by atoms with E-state index in [-0.39, 0.29) is 11.9 Å². The molecular formula is C13H16N2O3S. The molecule has 1 aromatic heterocycles. The Labute approximate surface area is 116 Å². The van der Waals surface area contributed by atoms with Gasteiger partial charge in [0.05, 0.1) is 24.2 Å². The van der Waals surface area contributed by atoms with Crippen molar-refractivity contribution in [2.24, 2.45) is 0 Å². The molecule has 2 rings (SSSR count). The van der Waals surface area contributed by atoms with Gasteiger partial charge in [-0.3, -0.25) is 14.6 Å². The minimum atomic E-state index is -0.215. The SMILES string of the molecule is CCOC(=O)CCCN1C(=O)CSc2ccncc21. The molecule has 2 heterocycles. The first kappa shape index (κ1) is 13.9. The van der Waals surface area contributed by atoms with Crippen molar-refractivity contribution in [3.05, 3.63) is 18.5 Å². The molecule has 1 amide bonds. The number of pyridine rings is 1. The van der Waals surface area contributed by atoms with E-state index in [9.17, 15) is 9.59 Å². The van der Waals surface area contributed by atoms with Gasteiger partial charge in [0.15, 0.2) is 0 Å². The molecule has 6 heteroatoms. The molecule has 0 N–H and O–H groups in total. The molecule has 1 aromatic rings. The van der Waals surface area contributed by atoms with Crippen LogP contribution in [0.4, 0.5) is 5.69 Å². The van der Waals surface area contributed by atoms with Crippen LogP contribution in [0.2, 0.25) is 0 Å². The highest BCUT2D eigenvalue weighted by Gasteiger charge is 2.24. The smallest absolute Gasteiger partial charge is 0.305 e. The van der Waals surface area contributed by atoms with Gasteiger partial charge in [0.25, 0.3) is 0 Å². The fourth-order valence-corrected chi connectivity index (χ4v) is 2.81. The molecule has 0 aromatic carbocycles. The molecule has 19 heavy (non-hydrogen) atoms. The number of anilines is 1. The highest BCUT2D eigenvalue weighted by molar-refractivity contribution is 8.00. The minimum Gasteiger partial charge on any atom is -0.466 e. The number of nitrogens with zero attached hydrogens (tertiary/aromatic N) is 2. The van der Waals surface area contributed by atoms with Crippen molar-refractivity contribution in [3.63, 3.8) is 0 Å². The number of carbonyl (C=O) groups is 2. The zero-order valence-electron chi connectivity index (χ0n) is 10.8. The lowest BCUT2D eigenvalue weighted by Crippen LogP contribution is -2.36. The van der Waals surface area contributed by atoms with Crippen LogP contribution in [-0.4, -0.2) is 35.8 Å². The molecule has 1 aliphatic rings. The number of fused-ring (bicyclic) bond motifs is 1. The normalized spacial score (nSPS) is 14.2. The topological polar surface area (TPSA) is 59.5 Å². The number of thioether (sulfide) groups is 1. The second kappa shape index (κ2) is 6.56. The van der Waals surface area contributed by atoms with Crippen molar-refractivity contribution < 1.29 is 14.3 Å². The van der Waals surface area contributed by atoms with Crippen molar-refractivity contribution in [1.29, 1.82) is 0 Å². The summed E-state index contributed by atoms with van der Waals surface area (Å²) in [6.45, 7) is 2.70. The molecule has 0 fully saturated rings. The largest absolute Gasteiger partial charge is 0.466 e. The van der Waals surface area contributed by atoms with Crippen molar-refractivity contribution >= 4 is 29.3 Å². The van der Waals surface area contributed by atoms with Crippen LogP contribution in [0.25, 0.3) is 0 Å². The fourth-order valence-electron chi connectivity index (χ4n) is 1.91. The van der Waals surface area contributed by atoms with Crippen molar-refractivity contribution in [1.82, 2.24) is 4.98 Å². The van der Waals surface area contributed by atoms with E-state index in [0.29, 0.717) is 31.7 Å². The fraction of sp³-hybridized carbons (Fsp3) is 0.462. The van der Waals surface area contributed by atoms with Gasteiger partial charge < -0.3 is 9.64 Å². The van der Waals surface area contributed by atoms with Crippen LogP contribution in [0, 0.1) is 0 Å². The van der Waals surface area contributed by atoms with Crippen LogP contribution in [0.5, 0.6) is 0 Å². The van der Waals surface area contributed by atoms with Crippen LogP contribution in [0.1, 0.15) is 19.8 Å². The summed E-state index contributed by atoms with van der Waals surface area (Å²) in [7, 11) is 0. The highest BCUT2D eigenvalue weighted by atomic mass is 32.2. The first-order chi connectivity index (χ1) is 9.22. The van der Waals surface area contributed by atoms with Gasteiger partial charge in [0.2, 0.25) is 5.91 Å². The average molecular weight is 280 g/mol. The maximum Gasteiger partial charge on any atom is 0.305 e. The van der Waals surface area contributed by atoms with E-state index in [4.69, 9.17) is 4.74 Å². The van der Waals surface area contributed by atoms with Gasteiger partial charge in [0.1, 0.15) is 0 Å². The Bertz CT molecular complexity index is 479. The Hall–Kier alpha value is -1.56. The first-order valence-corrected chi connectivity index (χ1v) is 7.23. The van der Waals surface area contributed by atoms with Gasteiger partial charge in [-0.15, -0.1) is 11.8 Å². The van der Waals surface area contributed by atoms with Gasteiger partial charge in [-0.1, -0.05) is 0 Å². The third kappa shape index (κ3) is 3.47. The summed E-state index contributed by atoms with van der Waals surface area (Å²) in [6, 6.07) is 1.91. The molecule has 0 bridgehead atoms. The van der Waals surface area contributed by atoms with E-state index >= 15 is 0 Å². The molecule has 0 saturated heterocycles. The average Bonchev–Trinajstić information content (AvgIpc) is 2.41. The number of aromatic nitrogens is 1. The van der Waals surface area contributed by atoms with Crippen LogP contribution in [0.15, 0.2) is 23.4 Å². The van der Waals surface area contributed by atoms with Gasteiger partial charge in [-0.05, 0) is 19.4 Å². The maximum atomic E-state index is 11.9. The summed E-state index contributed by atoms with van der Waals surface area (Å²) >= 11 is 1.53. The van der Waals surface area contributed by atoms with E-state index in [2.05, 4.69) is 4.98 Å². The number of carbonyl (C=O) groups excluding carboxylic acids is 2. The van der Waals surface area contributed by atoms with Gasteiger partial charge in [-0.2, -0.15) is 0 Å². The monoisotopic (exact) mass is 280 g/mol. The summed E-state index contributed by atoms with van der Waals surface area (Å²) in [5.41, 5.74) is 0.840. The predicted octanol–water partition coefficient (Wildman–Crippen LogP) is 1.86. The van der Waals surface area contributed by atoms with Crippen molar-refractivity contribution in [2.75, 3.05) is 23.8 Å². The molecule has 0 atom stereocenters. The van der Waals surface area contributed by atoms with Gasteiger partial charge in [0, 0.05) is 24.1 Å². The summed E-state index contributed by atoms with van der Waals surface area (Å²) in [4.78, 5) is 30.0. The molecule has 0 saturated carbocycles. The summed E-state index contributed by atoms with van der Waals surface area (Å²) in [5, 5.41) is 0. The van der Waals surface area contributed by atoms with Gasteiger partial charge in [-0.25, -0.2) is 0 Å². The third-order valence-corrected chi connectivity index (χ3v) is 3.82. The third-order valence-electron chi connectivity index (χ3n) is 2.77. The molecule has 0 spiro atoms. The molecule has 0 unspecified atom stereocenters.